The van der Waals surface area contributed by atoms with E-state index in [1.807, 2.05) is 13.0 Å². The van der Waals surface area contributed by atoms with E-state index < -0.39 is 45.1 Å². The Hall–Kier alpha value is 0.377. The molecule has 7 nitrogen and oxygen atoms in total. The van der Waals surface area contributed by atoms with E-state index in [4.69, 9.17) is 28.1 Å². The molecule has 194 valence electrons. The van der Waals surface area contributed by atoms with Crippen LogP contribution < -0.4 is 0 Å². The van der Waals surface area contributed by atoms with Crippen molar-refractivity contribution < 1.29 is 33.2 Å². The molecule has 33 heavy (non-hydrogen) atoms. The maximum atomic E-state index is 10.4. The molecule has 0 radical (unpaired) electrons. The minimum atomic E-state index is -2.19. The van der Waals surface area contributed by atoms with E-state index in [2.05, 4.69) is 72.3 Å². The fourth-order valence-electron chi connectivity index (χ4n) is 3.56. The van der Waals surface area contributed by atoms with Crippen LogP contribution in [0.3, 0.4) is 0 Å². The van der Waals surface area contributed by atoms with E-state index in [1.54, 1.807) is 21.3 Å². The lowest BCUT2D eigenvalue weighted by Crippen LogP contribution is -2.60. The second-order valence-corrected chi connectivity index (χ2v) is 17.4. The van der Waals surface area contributed by atoms with Crippen LogP contribution in [0.1, 0.15) is 34.1 Å². The van der Waals surface area contributed by atoms with Gasteiger partial charge in [0.05, 0.1) is 27.8 Å². The number of hydrogen-bond donors (Lipinski definition) is 1. The SMILES string of the molecule is C=CC(O)C[C@H](O[C@@H]1O[C@@H](C)[C@H](OC)[C@@H](OC)[C@H]1OC)[C@@H](C=C(Br)Br)O[Si](C)(C)C(C)(C)C. The molecule has 10 heteroatoms. The molecule has 1 unspecified atom stereocenters. The second kappa shape index (κ2) is 13.6. The van der Waals surface area contributed by atoms with Crippen LogP contribution in [0.25, 0.3) is 0 Å². The third-order valence-corrected chi connectivity index (χ3v) is 11.5. The first-order valence-corrected chi connectivity index (χ1v) is 15.6. The molecule has 1 heterocycles. The minimum Gasteiger partial charge on any atom is -0.408 e. The zero-order valence-corrected chi connectivity index (χ0v) is 25.5. The molecule has 1 aliphatic rings. The van der Waals surface area contributed by atoms with Crippen molar-refractivity contribution in [2.75, 3.05) is 21.3 Å². The van der Waals surface area contributed by atoms with Crippen LogP contribution in [0.15, 0.2) is 22.1 Å². The Bertz CT molecular complexity index is 637. The quantitative estimate of drug-likeness (QED) is 0.241. The summed E-state index contributed by atoms with van der Waals surface area (Å²) in [5.41, 5.74) is 0. The molecular formula is C23H42Br2O7Si. The number of methoxy groups -OCH3 is 3. The topological polar surface area (TPSA) is 75.6 Å². The maximum Gasteiger partial charge on any atom is 0.193 e. The molecule has 1 N–H and O–H groups in total. The van der Waals surface area contributed by atoms with Gasteiger partial charge < -0.3 is 33.2 Å². The van der Waals surface area contributed by atoms with Crippen molar-refractivity contribution >= 4 is 40.2 Å². The number of aliphatic hydroxyl groups excluding tert-OH is 1. The molecule has 0 spiro atoms. The van der Waals surface area contributed by atoms with Crippen molar-refractivity contribution in [3.05, 3.63) is 22.1 Å². The summed E-state index contributed by atoms with van der Waals surface area (Å²) in [7, 11) is 2.63. The fourth-order valence-corrected chi connectivity index (χ4v) is 5.33. The van der Waals surface area contributed by atoms with Gasteiger partial charge in [-0.1, -0.05) is 26.8 Å². The molecule has 0 aromatic heterocycles. The lowest BCUT2D eigenvalue weighted by molar-refractivity contribution is -0.319. The number of ether oxygens (including phenoxy) is 5. The third-order valence-electron chi connectivity index (χ3n) is 6.49. The molecule has 1 fully saturated rings. The molecule has 1 rings (SSSR count). The lowest BCUT2D eigenvalue weighted by atomic mass is 9.98. The minimum absolute atomic E-state index is 0.0166. The average Bonchev–Trinajstić information content (AvgIpc) is 2.70. The van der Waals surface area contributed by atoms with Gasteiger partial charge in [-0.05, 0) is 63.0 Å². The fraction of sp³-hybridized carbons (Fsp3) is 0.826. The van der Waals surface area contributed by atoms with E-state index in [0.29, 0.717) is 0 Å². The average molecular weight is 618 g/mol. The van der Waals surface area contributed by atoms with Gasteiger partial charge >= 0.3 is 0 Å². The standard InChI is InChI=1S/C23H42Br2O7Si/c1-11-15(26)12-16(17(13-18(24)25)32-33(9,10)23(3,4)5)31-22-21(29-8)20(28-7)19(27-6)14(2)30-22/h11,13-17,19-22,26H,1,12H2,2-10H3/t14-,15?,16-,17+,19-,20+,21+,22-/m0/s1. The third kappa shape index (κ3) is 8.77. The molecule has 1 saturated heterocycles. The highest BCUT2D eigenvalue weighted by molar-refractivity contribution is 9.28. The summed E-state index contributed by atoms with van der Waals surface area (Å²) in [4.78, 5) is 0. The van der Waals surface area contributed by atoms with Crippen molar-refractivity contribution in [1.29, 1.82) is 0 Å². The summed E-state index contributed by atoms with van der Waals surface area (Å²) in [6.07, 6.45) is -0.428. The van der Waals surface area contributed by atoms with E-state index in [9.17, 15) is 5.11 Å². The van der Waals surface area contributed by atoms with Gasteiger partial charge in [-0.25, -0.2) is 0 Å². The smallest absolute Gasteiger partial charge is 0.193 e. The zero-order chi connectivity index (χ0) is 25.6. The summed E-state index contributed by atoms with van der Waals surface area (Å²) in [5, 5.41) is 10.4. The summed E-state index contributed by atoms with van der Waals surface area (Å²) in [5.74, 6) is 0. The predicted octanol–water partition coefficient (Wildman–Crippen LogP) is 5.12. The summed E-state index contributed by atoms with van der Waals surface area (Å²) in [6.45, 7) is 16.5. The molecular weight excluding hydrogens is 576 g/mol. The summed E-state index contributed by atoms with van der Waals surface area (Å²) < 4.78 is 37.2. The van der Waals surface area contributed by atoms with Crippen molar-refractivity contribution in [3.63, 3.8) is 0 Å². The van der Waals surface area contributed by atoms with Gasteiger partial charge in [0, 0.05) is 27.8 Å². The largest absolute Gasteiger partial charge is 0.408 e. The molecule has 0 bridgehead atoms. The van der Waals surface area contributed by atoms with Crippen molar-refractivity contribution in [2.24, 2.45) is 0 Å². The summed E-state index contributed by atoms with van der Waals surface area (Å²) in [6, 6.07) is 0. The van der Waals surface area contributed by atoms with Crippen LogP contribution in [0, 0.1) is 0 Å². The van der Waals surface area contributed by atoms with Crippen LogP contribution in [0.4, 0.5) is 0 Å². The van der Waals surface area contributed by atoms with Crippen LogP contribution >= 0.6 is 31.9 Å². The Balaban J connectivity index is 3.35. The Morgan fingerprint density at radius 2 is 1.64 bits per heavy atom. The van der Waals surface area contributed by atoms with Crippen molar-refractivity contribution in [3.8, 4) is 0 Å². The van der Waals surface area contributed by atoms with E-state index in [0.717, 1.165) is 3.39 Å². The van der Waals surface area contributed by atoms with Crippen molar-refractivity contribution in [2.45, 2.75) is 101 Å². The Morgan fingerprint density at radius 1 is 1.09 bits per heavy atom. The molecule has 0 aliphatic carbocycles. The highest BCUT2D eigenvalue weighted by Gasteiger charge is 2.48. The van der Waals surface area contributed by atoms with Gasteiger partial charge in [0.15, 0.2) is 14.6 Å². The second-order valence-electron chi connectivity index (χ2n) is 9.82. The van der Waals surface area contributed by atoms with Gasteiger partial charge in [-0.15, -0.1) is 6.58 Å². The normalized spacial score (nSPS) is 29.3. The number of rotatable bonds is 12. The highest BCUT2D eigenvalue weighted by atomic mass is 79.9. The van der Waals surface area contributed by atoms with Gasteiger partial charge in [0.25, 0.3) is 0 Å². The molecule has 0 aromatic rings. The Kier molecular flexibility index (Phi) is 13.0. The molecule has 0 amide bonds. The first-order chi connectivity index (χ1) is 15.2. The van der Waals surface area contributed by atoms with Gasteiger partial charge in [-0.3, -0.25) is 0 Å². The summed E-state index contributed by atoms with van der Waals surface area (Å²) >= 11 is 6.93. The maximum absolute atomic E-state index is 10.4. The number of halogens is 2. The Labute approximate surface area is 217 Å². The van der Waals surface area contributed by atoms with Gasteiger partial charge in [-0.2, -0.15) is 0 Å². The predicted molar refractivity (Wildman–Crippen MR) is 140 cm³/mol. The first kappa shape index (κ1) is 31.4. The molecule has 8 atom stereocenters. The monoisotopic (exact) mass is 616 g/mol. The molecule has 0 aromatic carbocycles. The number of hydrogen-bond acceptors (Lipinski definition) is 7. The van der Waals surface area contributed by atoms with Crippen LogP contribution in [0.2, 0.25) is 18.1 Å². The van der Waals surface area contributed by atoms with E-state index in [1.165, 1.54) is 6.08 Å². The van der Waals surface area contributed by atoms with Crippen LogP contribution in [-0.4, -0.2) is 83.8 Å². The van der Waals surface area contributed by atoms with Gasteiger partial charge in [0.1, 0.15) is 18.3 Å². The van der Waals surface area contributed by atoms with E-state index in [-0.39, 0.29) is 23.7 Å². The van der Waals surface area contributed by atoms with Crippen molar-refractivity contribution in [1.82, 2.24) is 0 Å². The first-order valence-electron chi connectivity index (χ1n) is 11.1. The number of aliphatic hydroxyl groups is 1. The highest BCUT2D eigenvalue weighted by Crippen LogP contribution is 2.39. The van der Waals surface area contributed by atoms with Crippen LogP contribution in [-0.2, 0) is 28.1 Å². The van der Waals surface area contributed by atoms with Crippen LogP contribution in [0.5, 0.6) is 0 Å². The lowest BCUT2D eigenvalue weighted by Gasteiger charge is -2.46. The Morgan fingerprint density at radius 3 is 2.06 bits per heavy atom. The van der Waals surface area contributed by atoms with Gasteiger partial charge in [0.2, 0.25) is 0 Å². The zero-order valence-electron chi connectivity index (χ0n) is 21.3. The molecule has 0 saturated carbocycles. The van der Waals surface area contributed by atoms with E-state index >= 15 is 0 Å². The molecule has 1 aliphatic heterocycles.